The molecule has 0 aromatic heterocycles. The van der Waals surface area contributed by atoms with Gasteiger partial charge in [0.25, 0.3) is 0 Å². The average Bonchev–Trinajstić information content (AvgIpc) is 2.86. The summed E-state index contributed by atoms with van der Waals surface area (Å²) in [5.74, 6) is 1.24. The van der Waals surface area contributed by atoms with Crippen LogP contribution in [0.25, 0.3) is 0 Å². The average molecular weight is 342 g/mol. The fourth-order valence-electron chi connectivity index (χ4n) is 2.37. The zero-order chi connectivity index (χ0) is 13.7. The van der Waals surface area contributed by atoms with Crippen LogP contribution in [0.15, 0.2) is 29.2 Å². The molecule has 0 bridgehead atoms. The summed E-state index contributed by atoms with van der Waals surface area (Å²) < 4.78 is 0. The van der Waals surface area contributed by atoms with Crippen LogP contribution in [0, 0.1) is 0 Å². The molecule has 1 aromatic carbocycles. The minimum absolute atomic E-state index is 0.0529. The molecule has 0 aliphatic carbocycles. The summed E-state index contributed by atoms with van der Waals surface area (Å²) in [6, 6.07) is 8.30. The lowest BCUT2D eigenvalue weighted by Gasteiger charge is -2.25. The van der Waals surface area contributed by atoms with Crippen LogP contribution >= 0.6 is 27.7 Å². The van der Waals surface area contributed by atoms with Crippen molar-refractivity contribution in [3.05, 3.63) is 29.8 Å². The fourth-order valence-corrected chi connectivity index (χ4v) is 4.02. The second-order valence-electron chi connectivity index (χ2n) is 4.77. The van der Waals surface area contributed by atoms with Gasteiger partial charge in [-0.25, -0.2) is 0 Å². The predicted molar refractivity (Wildman–Crippen MR) is 85.2 cm³/mol. The first-order valence-electron chi connectivity index (χ1n) is 6.84. The van der Waals surface area contributed by atoms with E-state index >= 15 is 0 Å². The summed E-state index contributed by atoms with van der Waals surface area (Å²) in [6.07, 6.45) is 2.21. The highest BCUT2D eigenvalue weighted by molar-refractivity contribution is 9.09. The topological polar surface area (TPSA) is 20.3 Å². The molecule has 19 heavy (non-hydrogen) atoms. The number of halogens is 1. The standard InChI is InChI=1S/C15H20BrNOS/c1-2-3-9-17(10-8-16)15(18)13-11-19-14-7-5-4-6-12(13)14/h4-7,13H,2-3,8-11H2,1H3. The van der Waals surface area contributed by atoms with Gasteiger partial charge >= 0.3 is 0 Å². The van der Waals surface area contributed by atoms with Crippen LogP contribution in [0.2, 0.25) is 0 Å². The van der Waals surface area contributed by atoms with Crippen LogP contribution < -0.4 is 0 Å². The van der Waals surface area contributed by atoms with Gasteiger partial charge in [0.15, 0.2) is 0 Å². The number of carbonyl (C=O) groups is 1. The molecule has 2 nitrogen and oxygen atoms in total. The Morgan fingerprint density at radius 3 is 2.95 bits per heavy atom. The highest BCUT2D eigenvalue weighted by atomic mass is 79.9. The van der Waals surface area contributed by atoms with Crippen LogP contribution in [0.4, 0.5) is 0 Å². The van der Waals surface area contributed by atoms with Gasteiger partial charge in [-0.1, -0.05) is 47.5 Å². The maximum Gasteiger partial charge on any atom is 0.231 e. The van der Waals surface area contributed by atoms with Gasteiger partial charge in [-0.05, 0) is 18.1 Å². The van der Waals surface area contributed by atoms with Crippen molar-refractivity contribution in [3.63, 3.8) is 0 Å². The van der Waals surface area contributed by atoms with Gasteiger partial charge in [-0.2, -0.15) is 0 Å². The van der Waals surface area contributed by atoms with E-state index in [1.54, 1.807) is 11.8 Å². The predicted octanol–water partition coefficient (Wildman–Crippen LogP) is 3.90. The Labute approximate surface area is 128 Å². The number of hydrogen-bond acceptors (Lipinski definition) is 2. The summed E-state index contributed by atoms with van der Waals surface area (Å²) in [5.41, 5.74) is 1.22. The van der Waals surface area contributed by atoms with E-state index in [0.29, 0.717) is 5.91 Å². The third-order valence-electron chi connectivity index (χ3n) is 3.45. The Morgan fingerprint density at radius 2 is 2.21 bits per heavy atom. The van der Waals surface area contributed by atoms with Gasteiger partial charge in [-0.3, -0.25) is 4.79 Å². The van der Waals surface area contributed by atoms with E-state index in [4.69, 9.17) is 0 Å². The van der Waals surface area contributed by atoms with E-state index in [-0.39, 0.29) is 5.92 Å². The first kappa shape index (κ1) is 14.9. The quantitative estimate of drug-likeness (QED) is 0.731. The largest absolute Gasteiger partial charge is 0.341 e. The van der Waals surface area contributed by atoms with E-state index in [9.17, 15) is 4.79 Å². The van der Waals surface area contributed by atoms with Crippen molar-refractivity contribution in [2.45, 2.75) is 30.6 Å². The normalized spacial score (nSPS) is 17.3. The fraction of sp³-hybridized carbons (Fsp3) is 0.533. The van der Waals surface area contributed by atoms with Crippen LogP contribution in [0.3, 0.4) is 0 Å². The number of hydrogen-bond donors (Lipinski definition) is 0. The molecule has 0 N–H and O–H groups in total. The molecule has 1 aliphatic rings. The number of carbonyl (C=O) groups excluding carboxylic acids is 1. The number of unbranched alkanes of at least 4 members (excludes halogenated alkanes) is 1. The van der Waals surface area contributed by atoms with Gasteiger partial charge in [-0.15, -0.1) is 11.8 Å². The van der Waals surface area contributed by atoms with Crippen molar-refractivity contribution < 1.29 is 4.79 Å². The van der Waals surface area contributed by atoms with Crippen LogP contribution in [0.1, 0.15) is 31.2 Å². The molecule has 0 fully saturated rings. The summed E-state index contributed by atoms with van der Waals surface area (Å²) >= 11 is 5.26. The number of amides is 1. The van der Waals surface area contributed by atoms with Crippen molar-refractivity contribution >= 4 is 33.6 Å². The van der Waals surface area contributed by atoms with Gasteiger partial charge in [0.1, 0.15) is 0 Å². The number of fused-ring (bicyclic) bond motifs is 1. The van der Waals surface area contributed by atoms with Crippen LogP contribution in [0.5, 0.6) is 0 Å². The summed E-state index contributed by atoms with van der Waals surface area (Å²) in [7, 11) is 0. The minimum atomic E-state index is 0.0529. The maximum atomic E-state index is 12.7. The Kier molecular flexibility index (Phi) is 5.76. The molecule has 1 atom stereocenters. The van der Waals surface area contributed by atoms with Crippen molar-refractivity contribution in [2.24, 2.45) is 0 Å². The van der Waals surface area contributed by atoms with Crippen LogP contribution in [-0.2, 0) is 4.79 Å². The summed E-state index contributed by atoms with van der Waals surface area (Å²) in [5, 5.41) is 0.851. The van der Waals surface area contributed by atoms with Gasteiger partial charge in [0.05, 0.1) is 5.92 Å². The SMILES string of the molecule is CCCCN(CCBr)C(=O)C1CSc2ccccc21. The molecular formula is C15H20BrNOS. The lowest BCUT2D eigenvalue weighted by molar-refractivity contribution is -0.132. The molecule has 1 amide bonds. The zero-order valence-electron chi connectivity index (χ0n) is 11.3. The summed E-state index contributed by atoms with van der Waals surface area (Å²) in [6.45, 7) is 3.85. The van der Waals surface area contributed by atoms with Gasteiger partial charge in [0, 0.05) is 29.1 Å². The molecule has 1 aromatic rings. The molecular weight excluding hydrogens is 322 g/mol. The van der Waals surface area contributed by atoms with E-state index in [1.807, 2.05) is 17.0 Å². The lowest BCUT2D eigenvalue weighted by Crippen LogP contribution is -2.37. The molecule has 1 aliphatic heterocycles. The maximum absolute atomic E-state index is 12.7. The Bertz CT molecular complexity index is 438. The minimum Gasteiger partial charge on any atom is -0.341 e. The Morgan fingerprint density at radius 1 is 1.42 bits per heavy atom. The van der Waals surface area contributed by atoms with Crippen molar-refractivity contribution in [1.29, 1.82) is 0 Å². The zero-order valence-corrected chi connectivity index (χ0v) is 13.7. The molecule has 0 saturated carbocycles. The molecule has 0 spiro atoms. The second-order valence-corrected chi connectivity index (χ2v) is 6.62. The van der Waals surface area contributed by atoms with Crippen molar-refractivity contribution in [1.82, 2.24) is 4.90 Å². The Hall–Kier alpha value is -0.480. The second kappa shape index (κ2) is 7.34. The molecule has 0 saturated heterocycles. The van der Waals surface area contributed by atoms with E-state index in [2.05, 4.69) is 35.0 Å². The molecule has 1 heterocycles. The Balaban J connectivity index is 2.10. The molecule has 0 radical (unpaired) electrons. The molecule has 4 heteroatoms. The number of alkyl halides is 1. The molecule has 2 rings (SSSR count). The summed E-state index contributed by atoms with van der Waals surface area (Å²) in [4.78, 5) is 16.0. The van der Waals surface area contributed by atoms with E-state index < -0.39 is 0 Å². The third kappa shape index (κ3) is 3.54. The number of thioether (sulfide) groups is 1. The monoisotopic (exact) mass is 341 g/mol. The van der Waals surface area contributed by atoms with E-state index in [1.165, 1.54) is 10.5 Å². The van der Waals surface area contributed by atoms with Crippen molar-refractivity contribution in [3.8, 4) is 0 Å². The number of benzene rings is 1. The van der Waals surface area contributed by atoms with Crippen LogP contribution in [-0.4, -0.2) is 35.0 Å². The molecule has 104 valence electrons. The number of rotatable bonds is 6. The van der Waals surface area contributed by atoms with E-state index in [0.717, 1.165) is 37.0 Å². The smallest absolute Gasteiger partial charge is 0.231 e. The van der Waals surface area contributed by atoms with Gasteiger partial charge in [0.2, 0.25) is 5.91 Å². The highest BCUT2D eigenvalue weighted by Crippen LogP contribution is 2.40. The lowest BCUT2D eigenvalue weighted by atomic mass is 9.99. The number of nitrogens with zero attached hydrogens (tertiary/aromatic N) is 1. The van der Waals surface area contributed by atoms with Crippen molar-refractivity contribution in [2.75, 3.05) is 24.2 Å². The first-order valence-corrected chi connectivity index (χ1v) is 8.95. The molecule has 1 unspecified atom stereocenters. The first-order chi connectivity index (χ1) is 9.27. The highest BCUT2D eigenvalue weighted by Gasteiger charge is 2.31. The van der Waals surface area contributed by atoms with Gasteiger partial charge < -0.3 is 4.90 Å². The third-order valence-corrected chi connectivity index (χ3v) is 4.98.